The molecule has 0 aromatic heterocycles. The molecular weight excluding hydrogens is 216 g/mol. The van der Waals surface area contributed by atoms with Gasteiger partial charge >= 0.3 is 0 Å². The topological polar surface area (TPSA) is 0 Å². The molecular formula is C18H28. The molecule has 3 rings (SSSR count). The summed E-state index contributed by atoms with van der Waals surface area (Å²) in [5, 5.41) is 0. The Morgan fingerprint density at radius 3 is 2.11 bits per heavy atom. The summed E-state index contributed by atoms with van der Waals surface area (Å²) in [6, 6.07) is 0. The van der Waals surface area contributed by atoms with Gasteiger partial charge in [0.2, 0.25) is 0 Å². The van der Waals surface area contributed by atoms with Crippen LogP contribution in [0.25, 0.3) is 0 Å². The standard InChI is InChI=1S/C18H28/c1-3-14-4-6-15(7-5-14)16-8-10-17(11-9-16)18-12-13(18)2/h3,13,15,17-18H,1,4-12H2,2H3. The Labute approximate surface area is 113 Å². The normalized spacial score (nSPS) is 36.7. The molecule has 0 spiro atoms. The van der Waals surface area contributed by atoms with E-state index in [1.807, 2.05) is 5.92 Å². The van der Waals surface area contributed by atoms with Crippen molar-refractivity contribution in [3.05, 3.63) is 24.5 Å². The van der Waals surface area contributed by atoms with Crippen molar-refractivity contribution < 1.29 is 0 Å². The number of rotatable bonds is 3. The zero-order valence-electron chi connectivity index (χ0n) is 12.0. The largest absolute Gasteiger partial charge is 0.102 e. The van der Waals surface area contributed by atoms with Crippen molar-refractivity contribution >= 4 is 0 Å². The molecule has 0 aliphatic heterocycles. The molecule has 2 unspecified atom stereocenters. The summed E-state index contributed by atoms with van der Waals surface area (Å²) in [5.74, 6) is 7.75. The summed E-state index contributed by atoms with van der Waals surface area (Å²) in [6.07, 6.45) is 15.1. The molecule has 100 valence electrons. The number of hydrogen-bond donors (Lipinski definition) is 0. The quantitative estimate of drug-likeness (QED) is 0.627. The van der Waals surface area contributed by atoms with Gasteiger partial charge in [0.05, 0.1) is 0 Å². The maximum absolute atomic E-state index is 3.92. The van der Waals surface area contributed by atoms with E-state index in [1.54, 1.807) is 5.92 Å². The molecule has 0 aromatic carbocycles. The first-order valence-electron chi connectivity index (χ1n) is 8.09. The predicted octanol–water partition coefficient (Wildman–Crippen LogP) is 5.36. The molecule has 0 heteroatoms. The first-order chi connectivity index (χ1) is 8.78. The van der Waals surface area contributed by atoms with Crippen molar-refractivity contribution in [2.24, 2.45) is 23.7 Å². The highest BCUT2D eigenvalue weighted by Crippen LogP contribution is 2.52. The summed E-state index contributed by atoms with van der Waals surface area (Å²) >= 11 is 0. The van der Waals surface area contributed by atoms with Crippen molar-refractivity contribution in [2.75, 3.05) is 0 Å². The van der Waals surface area contributed by atoms with Crippen LogP contribution in [0.15, 0.2) is 12.7 Å². The fourth-order valence-electron chi connectivity index (χ4n) is 4.46. The molecule has 3 fully saturated rings. The van der Waals surface area contributed by atoms with E-state index in [4.69, 9.17) is 0 Å². The summed E-state index contributed by atoms with van der Waals surface area (Å²) in [6.45, 7) is 6.36. The Balaban J connectivity index is 1.44. The Morgan fingerprint density at radius 1 is 1.00 bits per heavy atom. The molecule has 0 amide bonds. The van der Waals surface area contributed by atoms with E-state index in [1.165, 1.54) is 57.8 Å². The monoisotopic (exact) mass is 244 g/mol. The van der Waals surface area contributed by atoms with Crippen LogP contribution in [0, 0.1) is 35.5 Å². The second-order valence-electron chi connectivity index (χ2n) is 7.01. The summed E-state index contributed by atoms with van der Waals surface area (Å²) < 4.78 is 0. The van der Waals surface area contributed by atoms with Gasteiger partial charge in [0, 0.05) is 0 Å². The molecule has 18 heavy (non-hydrogen) atoms. The van der Waals surface area contributed by atoms with Gasteiger partial charge in [0.25, 0.3) is 0 Å². The third kappa shape index (κ3) is 2.68. The minimum absolute atomic E-state index is 0.964. The molecule has 3 aliphatic rings. The van der Waals surface area contributed by atoms with E-state index in [0.29, 0.717) is 0 Å². The van der Waals surface area contributed by atoms with E-state index in [0.717, 1.165) is 23.7 Å². The fraction of sp³-hybridized carbons (Fsp3) is 0.778. The van der Waals surface area contributed by atoms with Crippen LogP contribution in [0.4, 0.5) is 0 Å². The lowest BCUT2D eigenvalue weighted by molar-refractivity contribution is 0.273. The molecule has 0 saturated heterocycles. The van der Waals surface area contributed by atoms with Crippen LogP contribution in [0.5, 0.6) is 0 Å². The van der Waals surface area contributed by atoms with Crippen molar-refractivity contribution in [3.8, 4) is 0 Å². The molecule has 3 saturated carbocycles. The van der Waals surface area contributed by atoms with Crippen LogP contribution >= 0.6 is 0 Å². The van der Waals surface area contributed by atoms with Crippen molar-refractivity contribution in [1.29, 1.82) is 0 Å². The highest BCUT2D eigenvalue weighted by molar-refractivity contribution is 5.12. The van der Waals surface area contributed by atoms with Crippen LogP contribution in [0.3, 0.4) is 0 Å². The minimum atomic E-state index is 0.964. The molecule has 2 radical (unpaired) electrons. The lowest BCUT2D eigenvalue weighted by Gasteiger charge is -2.37. The van der Waals surface area contributed by atoms with Crippen LogP contribution in [0.1, 0.15) is 64.7 Å². The lowest BCUT2D eigenvalue weighted by Crippen LogP contribution is -2.24. The van der Waals surface area contributed by atoms with Crippen LogP contribution in [-0.2, 0) is 0 Å². The van der Waals surface area contributed by atoms with E-state index in [2.05, 4.69) is 19.6 Å². The first kappa shape index (κ1) is 12.8. The molecule has 3 aliphatic carbocycles. The molecule has 2 atom stereocenters. The van der Waals surface area contributed by atoms with Gasteiger partial charge in [-0.2, -0.15) is 0 Å². The Morgan fingerprint density at radius 2 is 1.61 bits per heavy atom. The van der Waals surface area contributed by atoms with Gasteiger partial charge in [-0.3, -0.25) is 0 Å². The lowest BCUT2D eigenvalue weighted by atomic mass is 9.68. The summed E-state index contributed by atoms with van der Waals surface area (Å²) in [4.78, 5) is 0. The fourth-order valence-corrected chi connectivity index (χ4v) is 4.46. The SMILES string of the molecule is C=C[C]1CCC([C]2CCC(C3CC3C)CC2)CC1. The maximum Gasteiger partial charge on any atom is -0.00299 e. The minimum Gasteiger partial charge on any atom is -0.102 e. The number of allylic oxidation sites excluding steroid dienone is 1. The second-order valence-corrected chi connectivity index (χ2v) is 7.01. The van der Waals surface area contributed by atoms with Gasteiger partial charge in [-0.1, -0.05) is 13.0 Å². The third-order valence-electron chi connectivity index (χ3n) is 5.94. The van der Waals surface area contributed by atoms with E-state index in [-0.39, 0.29) is 0 Å². The molecule has 0 N–H and O–H groups in total. The van der Waals surface area contributed by atoms with Crippen molar-refractivity contribution in [1.82, 2.24) is 0 Å². The molecule has 0 nitrogen and oxygen atoms in total. The van der Waals surface area contributed by atoms with Crippen molar-refractivity contribution in [3.63, 3.8) is 0 Å². The highest BCUT2D eigenvalue weighted by Gasteiger charge is 2.41. The van der Waals surface area contributed by atoms with E-state index < -0.39 is 0 Å². The average molecular weight is 244 g/mol. The van der Waals surface area contributed by atoms with Gasteiger partial charge in [0.1, 0.15) is 0 Å². The van der Waals surface area contributed by atoms with Gasteiger partial charge in [-0.05, 0) is 93.3 Å². The highest BCUT2D eigenvalue weighted by atomic mass is 14.5. The Hall–Kier alpha value is -0.260. The van der Waals surface area contributed by atoms with E-state index >= 15 is 0 Å². The van der Waals surface area contributed by atoms with Crippen molar-refractivity contribution in [2.45, 2.75) is 64.7 Å². The van der Waals surface area contributed by atoms with Gasteiger partial charge in [-0.25, -0.2) is 0 Å². The van der Waals surface area contributed by atoms with Crippen LogP contribution in [0.2, 0.25) is 0 Å². The summed E-state index contributed by atoms with van der Waals surface area (Å²) in [7, 11) is 0. The maximum atomic E-state index is 3.92. The molecule has 0 heterocycles. The van der Waals surface area contributed by atoms with Gasteiger partial charge < -0.3 is 0 Å². The molecule has 0 bridgehead atoms. The van der Waals surface area contributed by atoms with Gasteiger partial charge in [0.15, 0.2) is 0 Å². The smallest absolute Gasteiger partial charge is 0.00299 e. The summed E-state index contributed by atoms with van der Waals surface area (Å²) in [5.41, 5.74) is 0. The van der Waals surface area contributed by atoms with Gasteiger partial charge in [-0.15, -0.1) is 6.58 Å². The third-order valence-corrected chi connectivity index (χ3v) is 5.94. The number of hydrogen-bond acceptors (Lipinski definition) is 0. The van der Waals surface area contributed by atoms with Crippen LogP contribution in [-0.4, -0.2) is 0 Å². The Bertz CT molecular complexity index is 276. The Kier molecular flexibility index (Phi) is 3.82. The first-order valence-corrected chi connectivity index (χ1v) is 8.09. The zero-order chi connectivity index (χ0) is 12.5. The van der Waals surface area contributed by atoms with E-state index in [9.17, 15) is 0 Å². The zero-order valence-corrected chi connectivity index (χ0v) is 12.0. The second kappa shape index (κ2) is 5.39. The average Bonchev–Trinajstić information content (AvgIpc) is 3.16. The molecule has 0 aromatic rings. The van der Waals surface area contributed by atoms with Crippen LogP contribution < -0.4 is 0 Å². The predicted molar refractivity (Wildman–Crippen MR) is 77.9 cm³/mol.